The summed E-state index contributed by atoms with van der Waals surface area (Å²) < 4.78 is 0. The second-order valence-corrected chi connectivity index (χ2v) is 1.11. The second kappa shape index (κ2) is 9.07. The van der Waals surface area contributed by atoms with Crippen molar-refractivity contribution in [3.05, 3.63) is 0 Å². The molecule has 5 heavy (non-hydrogen) atoms. The van der Waals surface area contributed by atoms with E-state index in [2.05, 4.69) is 19.6 Å². The smallest absolute Gasteiger partial charge is 0 e. The molecule has 0 bridgehead atoms. The fourth-order valence-electron chi connectivity index (χ4n) is 0. The molecule has 0 nitrogen and oxygen atoms in total. The van der Waals surface area contributed by atoms with Crippen LogP contribution in [-0.4, -0.2) is 5.75 Å². The number of hydrogen-bond acceptors (Lipinski definition) is 1. The first-order chi connectivity index (χ1) is 1.91. The molecular formula is C3H7SY-. The molecule has 0 aliphatic heterocycles. The quantitative estimate of drug-likeness (QED) is 0.519. The van der Waals surface area contributed by atoms with E-state index in [-0.39, 0.29) is 32.7 Å². The van der Waals surface area contributed by atoms with Gasteiger partial charge in [-0.05, 0) is 0 Å². The molecule has 0 atom stereocenters. The Morgan fingerprint density at radius 2 is 1.80 bits per heavy atom. The van der Waals surface area contributed by atoms with Gasteiger partial charge in [-0.3, -0.25) is 0 Å². The van der Waals surface area contributed by atoms with Gasteiger partial charge in [0.25, 0.3) is 0 Å². The van der Waals surface area contributed by atoms with Gasteiger partial charge in [0.05, 0.1) is 0 Å². The zero-order chi connectivity index (χ0) is 3.41. The summed E-state index contributed by atoms with van der Waals surface area (Å²) in [5.74, 6) is 0.903. The summed E-state index contributed by atoms with van der Waals surface area (Å²) in [5, 5.41) is 0. The van der Waals surface area contributed by atoms with Crippen LogP contribution in [0.25, 0.3) is 0 Å². The van der Waals surface area contributed by atoms with Crippen molar-refractivity contribution in [2.24, 2.45) is 0 Å². The molecule has 0 rings (SSSR count). The first-order valence-electron chi connectivity index (χ1n) is 1.50. The van der Waals surface area contributed by atoms with Gasteiger partial charge in [-0.15, -0.1) is 0 Å². The molecule has 1 radical (unpaired) electrons. The van der Waals surface area contributed by atoms with Crippen LogP contribution in [0, 0.1) is 0 Å². The summed E-state index contributed by atoms with van der Waals surface area (Å²) in [5.41, 5.74) is 0. The molecule has 0 N–H and O–H groups in total. The Labute approximate surface area is 64.0 Å². The average molecular weight is 164 g/mol. The van der Waals surface area contributed by atoms with E-state index >= 15 is 0 Å². The molecule has 0 unspecified atom stereocenters. The van der Waals surface area contributed by atoms with Gasteiger partial charge < -0.3 is 12.6 Å². The van der Waals surface area contributed by atoms with E-state index in [9.17, 15) is 0 Å². The molecule has 0 aliphatic rings. The van der Waals surface area contributed by atoms with Crippen LogP contribution in [0.4, 0.5) is 0 Å². The van der Waals surface area contributed by atoms with E-state index < -0.39 is 0 Å². The molecule has 0 saturated carbocycles. The maximum absolute atomic E-state index is 4.55. The Kier molecular flexibility index (Phi) is 17.6. The van der Waals surface area contributed by atoms with Gasteiger partial charge >= 0.3 is 0 Å². The van der Waals surface area contributed by atoms with Gasteiger partial charge in [0, 0.05) is 32.7 Å². The van der Waals surface area contributed by atoms with Crippen molar-refractivity contribution in [3.8, 4) is 0 Å². The Balaban J connectivity index is 0. The van der Waals surface area contributed by atoms with E-state index in [4.69, 9.17) is 0 Å². The van der Waals surface area contributed by atoms with Crippen molar-refractivity contribution in [1.82, 2.24) is 0 Å². The molecule has 0 saturated heterocycles. The zero-order valence-corrected chi connectivity index (χ0v) is 7.05. The largest absolute Gasteiger partial charge is 0.793 e. The van der Waals surface area contributed by atoms with Crippen LogP contribution >= 0.6 is 0 Å². The Bertz CT molecular complexity index is 8.85. The predicted molar refractivity (Wildman–Crippen MR) is 22.5 cm³/mol. The molecule has 0 fully saturated rings. The minimum Gasteiger partial charge on any atom is -0.793 e. The van der Waals surface area contributed by atoms with Crippen LogP contribution in [0.15, 0.2) is 0 Å². The second-order valence-electron chi connectivity index (χ2n) is 0.704. The van der Waals surface area contributed by atoms with Crippen LogP contribution in [0.1, 0.15) is 13.3 Å². The van der Waals surface area contributed by atoms with Crippen LogP contribution in [0.3, 0.4) is 0 Å². The fraction of sp³-hybridized carbons (Fsp3) is 1.00. The molecule has 29 valence electrons. The van der Waals surface area contributed by atoms with Crippen molar-refractivity contribution in [3.63, 3.8) is 0 Å². The van der Waals surface area contributed by atoms with E-state index in [1.165, 1.54) is 0 Å². The normalized spacial score (nSPS) is 6.00. The minimum atomic E-state index is 0. The minimum absolute atomic E-state index is 0. The molecule has 2 heteroatoms. The summed E-state index contributed by atoms with van der Waals surface area (Å²) in [6.07, 6.45) is 1.13. The topological polar surface area (TPSA) is 0 Å². The van der Waals surface area contributed by atoms with Gasteiger partial charge in [0.2, 0.25) is 0 Å². The van der Waals surface area contributed by atoms with Crippen LogP contribution in [0.2, 0.25) is 0 Å². The Hall–Kier alpha value is 1.45. The maximum Gasteiger partial charge on any atom is 0 e. The number of hydrogen-bond donors (Lipinski definition) is 0. The maximum atomic E-state index is 4.55. The van der Waals surface area contributed by atoms with E-state index in [1.54, 1.807) is 0 Å². The summed E-state index contributed by atoms with van der Waals surface area (Å²) in [7, 11) is 0. The third-order valence-corrected chi connectivity index (χ3v) is 0.612. The van der Waals surface area contributed by atoms with Crippen LogP contribution < -0.4 is 0 Å². The molecular weight excluding hydrogens is 157 g/mol. The Morgan fingerprint density at radius 1 is 1.60 bits per heavy atom. The van der Waals surface area contributed by atoms with Gasteiger partial charge in [-0.1, -0.05) is 13.3 Å². The van der Waals surface area contributed by atoms with Crippen molar-refractivity contribution >= 4 is 12.6 Å². The third kappa shape index (κ3) is 10.8. The third-order valence-electron chi connectivity index (χ3n) is 0.204. The molecule has 0 spiro atoms. The van der Waals surface area contributed by atoms with Crippen molar-refractivity contribution in [2.75, 3.05) is 5.75 Å². The van der Waals surface area contributed by atoms with E-state index in [0.717, 1.165) is 12.2 Å². The standard InChI is InChI=1S/C3H8S.Y/c1-2-3-4;/h4H,2-3H2,1H3;/p-1. The molecule has 0 heterocycles. The van der Waals surface area contributed by atoms with Crippen LogP contribution in [-0.2, 0) is 45.3 Å². The number of rotatable bonds is 1. The average Bonchev–Trinajstić information content (AvgIpc) is 1.37. The summed E-state index contributed by atoms with van der Waals surface area (Å²) in [6.45, 7) is 2.08. The molecule has 0 amide bonds. The van der Waals surface area contributed by atoms with Gasteiger partial charge in [0.15, 0.2) is 0 Å². The van der Waals surface area contributed by atoms with Crippen LogP contribution in [0.5, 0.6) is 0 Å². The van der Waals surface area contributed by atoms with Gasteiger partial charge in [-0.2, -0.15) is 5.75 Å². The first kappa shape index (κ1) is 9.68. The van der Waals surface area contributed by atoms with Crippen molar-refractivity contribution in [2.45, 2.75) is 13.3 Å². The summed E-state index contributed by atoms with van der Waals surface area (Å²) in [4.78, 5) is 0. The summed E-state index contributed by atoms with van der Waals surface area (Å²) in [6, 6.07) is 0. The Morgan fingerprint density at radius 3 is 1.80 bits per heavy atom. The van der Waals surface area contributed by atoms with E-state index in [1.807, 2.05) is 0 Å². The predicted octanol–water partition coefficient (Wildman–Crippen LogP) is 0.941. The molecule has 0 aromatic carbocycles. The van der Waals surface area contributed by atoms with Crippen molar-refractivity contribution < 1.29 is 32.7 Å². The fourth-order valence-corrected chi connectivity index (χ4v) is 0. The monoisotopic (exact) mass is 164 g/mol. The first-order valence-corrected chi connectivity index (χ1v) is 2.07. The van der Waals surface area contributed by atoms with E-state index in [0.29, 0.717) is 0 Å². The van der Waals surface area contributed by atoms with Gasteiger partial charge in [0.1, 0.15) is 0 Å². The van der Waals surface area contributed by atoms with Crippen molar-refractivity contribution in [1.29, 1.82) is 0 Å². The zero-order valence-electron chi connectivity index (χ0n) is 3.40. The van der Waals surface area contributed by atoms with Gasteiger partial charge in [-0.25, -0.2) is 0 Å². The molecule has 0 aliphatic carbocycles. The molecule has 0 aromatic heterocycles. The summed E-state index contributed by atoms with van der Waals surface area (Å²) >= 11 is 4.55. The molecule has 0 aromatic rings. The SMILES string of the molecule is CCC[S-].[Y].